The summed E-state index contributed by atoms with van der Waals surface area (Å²) in [6.45, 7) is 10.7. The van der Waals surface area contributed by atoms with Gasteiger partial charge in [0.1, 0.15) is 11.4 Å². The van der Waals surface area contributed by atoms with Crippen molar-refractivity contribution in [1.29, 1.82) is 0 Å². The zero-order chi connectivity index (χ0) is 27.8. The highest BCUT2D eigenvalue weighted by molar-refractivity contribution is 6.18. The molecule has 2 heterocycles. The third-order valence-corrected chi connectivity index (χ3v) is 9.24. The molecule has 0 bridgehead atoms. The first-order valence-corrected chi connectivity index (χ1v) is 14.2. The molecule has 1 unspecified atom stereocenters. The normalized spacial score (nSPS) is 18.8. The standard InChI is InChI=1S/C35H35N3O2/c1-7-38(8-2)29-20-22-19-23(39-6)17-18-24(22)31-33(29)40-35(21-36-31)34(3,4)30-27-15-11-9-13-25(27)26-14-10-12-16-28(26)32(30)37(35)5/h9-21H,7-8H2,1-6H3. The highest BCUT2D eigenvalue weighted by Gasteiger charge is 2.60. The monoisotopic (exact) mass is 529 g/mol. The smallest absolute Gasteiger partial charge is 0.228 e. The molecule has 2 aliphatic heterocycles. The van der Waals surface area contributed by atoms with Crippen molar-refractivity contribution in [2.24, 2.45) is 4.99 Å². The molecule has 2 aliphatic rings. The molecule has 5 aromatic carbocycles. The van der Waals surface area contributed by atoms with Gasteiger partial charge >= 0.3 is 0 Å². The van der Waals surface area contributed by atoms with Crippen molar-refractivity contribution in [3.05, 3.63) is 78.4 Å². The Labute approximate surface area is 235 Å². The molecule has 1 spiro atoms. The molecular formula is C35H35N3O2. The summed E-state index contributed by atoms with van der Waals surface area (Å²) in [6.07, 6.45) is 2.05. The van der Waals surface area contributed by atoms with Crippen LogP contribution in [0.2, 0.25) is 0 Å². The molecule has 40 heavy (non-hydrogen) atoms. The highest BCUT2D eigenvalue weighted by atomic mass is 16.5. The average Bonchev–Trinajstić information content (AvgIpc) is 3.15. The summed E-state index contributed by atoms with van der Waals surface area (Å²) < 4.78 is 12.9. The van der Waals surface area contributed by atoms with Crippen LogP contribution in [0.5, 0.6) is 11.5 Å². The van der Waals surface area contributed by atoms with E-state index in [-0.39, 0.29) is 0 Å². The fourth-order valence-electron chi connectivity index (χ4n) is 7.13. The van der Waals surface area contributed by atoms with Crippen LogP contribution in [0, 0.1) is 0 Å². The molecule has 5 nitrogen and oxygen atoms in total. The summed E-state index contributed by atoms with van der Waals surface area (Å²) in [5.74, 6) is 1.67. The fourth-order valence-corrected chi connectivity index (χ4v) is 7.13. The summed E-state index contributed by atoms with van der Waals surface area (Å²) in [6, 6.07) is 25.9. The third-order valence-electron chi connectivity index (χ3n) is 9.24. The maximum absolute atomic E-state index is 7.37. The number of nitrogens with zero attached hydrogens (tertiary/aromatic N) is 3. The van der Waals surface area contributed by atoms with E-state index < -0.39 is 11.1 Å². The number of benzene rings is 5. The van der Waals surface area contributed by atoms with Crippen molar-refractivity contribution >= 4 is 55.6 Å². The minimum Gasteiger partial charge on any atom is -0.497 e. The van der Waals surface area contributed by atoms with Gasteiger partial charge < -0.3 is 19.3 Å². The number of hydrogen-bond acceptors (Lipinski definition) is 5. The lowest BCUT2D eigenvalue weighted by atomic mass is 9.75. The van der Waals surface area contributed by atoms with Gasteiger partial charge in [0.25, 0.3) is 0 Å². The quantitative estimate of drug-likeness (QED) is 0.220. The van der Waals surface area contributed by atoms with Gasteiger partial charge in [-0.15, -0.1) is 0 Å². The second-order valence-corrected chi connectivity index (χ2v) is 11.4. The van der Waals surface area contributed by atoms with E-state index >= 15 is 0 Å². The van der Waals surface area contributed by atoms with Crippen LogP contribution in [0.1, 0.15) is 33.3 Å². The van der Waals surface area contributed by atoms with Crippen molar-refractivity contribution in [3.8, 4) is 11.5 Å². The van der Waals surface area contributed by atoms with E-state index in [9.17, 15) is 0 Å². The van der Waals surface area contributed by atoms with Crippen LogP contribution in [0.15, 0.2) is 77.8 Å². The molecule has 0 saturated carbocycles. The zero-order valence-electron chi connectivity index (χ0n) is 24.1. The van der Waals surface area contributed by atoms with Crippen molar-refractivity contribution in [2.75, 3.05) is 37.0 Å². The molecule has 202 valence electrons. The van der Waals surface area contributed by atoms with Gasteiger partial charge in [0.15, 0.2) is 5.75 Å². The van der Waals surface area contributed by atoms with E-state index in [2.05, 4.69) is 117 Å². The minimum atomic E-state index is -0.808. The molecule has 0 radical (unpaired) electrons. The number of fused-ring (bicyclic) bond motifs is 9. The number of ether oxygens (including phenoxy) is 2. The SMILES string of the molecule is CCN(CC)c1cc2cc(OC)ccc2c2c1OC1(C=N2)N(C)c2c(c3ccccc3c3ccccc23)C1(C)C. The molecule has 0 aliphatic carbocycles. The van der Waals surface area contributed by atoms with Crippen LogP contribution in [0.3, 0.4) is 0 Å². The van der Waals surface area contributed by atoms with Gasteiger partial charge in [0, 0.05) is 30.9 Å². The number of methoxy groups -OCH3 is 1. The van der Waals surface area contributed by atoms with E-state index in [4.69, 9.17) is 14.5 Å². The fraction of sp³-hybridized carbons (Fsp3) is 0.286. The predicted octanol–water partition coefficient (Wildman–Crippen LogP) is 8.22. The van der Waals surface area contributed by atoms with Gasteiger partial charge in [-0.1, -0.05) is 48.5 Å². The first kappa shape index (κ1) is 24.8. The van der Waals surface area contributed by atoms with E-state index in [1.54, 1.807) is 7.11 Å². The molecule has 5 heteroatoms. The lowest BCUT2D eigenvalue weighted by Gasteiger charge is -2.46. The topological polar surface area (TPSA) is 37.3 Å². The average molecular weight is 530 g/mol. The van der Waals surface area contributed by atoms with E-state index in [0.29, 0.717) is 0 Å². The second kappa shape index (κ2) is 8.62. The van der Waals surface area contributed by atoms with Crippen LogP contribution in [-0.2, 0) is 5.41 Å². The number of hydrogen-bond donors (Lipinski definition) is 0. The van der Waals surface area contributed by atoms with Gasteiger partial charge in [0.2, 0.25) is 5.72 Å². The van der Waals surface area contributed by atoms with Crippen LogP contribution < -0.4 is 19.3 Å². The molecule has 0 saturated heterocycles. The summed E-state index contributed by atoms with van der Waals surface area (Å²) in [7, 11) is 3.87. The zero-order valence-corrected chi connectivity index (χ0v) is 24.1. The summed E-state index contributed by atoms with van der Waals surface area (Å²) in [5, 5.41) is 7.18. The van der Waals surface area contributed by atoms with Crippen molar-refractivity contribution in [2.45, 2.75) is 38.8 Å². The Morgan fingerprint density at radius 3 is 2.17 bits per heavy atom. The Morgan fingerprint density at radius 1 is 0.850 bits per heavy atom. The Balaban J connectivity index is 1.52. The number of rotatable bonds is 4. The maximum atomic E-state index is 7.37. The molecule has 7 rings (SSSR count). The van der Waals surface area contributed by atoms with Crippen LogP contribution in [0.4, 0.5) is 17.1 Å². The first-order chi connectivity index (χ1) is 19.4. The van der Waals surface area contributed by atoms with Crippen LogP contribution >= 0.6 is 0 Å². The van der Waals surface area contributed by atoms with Crippen molar-refractivity contribution in [1.82, 2.24) is 0 Å². The molecule has 0 aromatic heterocycles. The van der Waals surface area contributed by atoms with Gasteiger partial charge in [-0.05, 0) is 79.1 Å². The predicted molar refractivity (Wildman–Crippen MR) is 168 cm³/mol. The highest BCUT2D eigenvalue weighted by Crippen LogP contribution is 2.59. The minimum absolute atomic E-state index is 0.405. The summed E-state index contributed by atoms with van der Waals surface area (Å²) in [5.41, 5.74) is 3.24. The van der Waals surface area contributed by atoms with Gasteiger partial charge in [-0.25, -0.2) is 0 Å². The van der Waals surface area contributed by atoms with Gasteiger partial charge in [0.05, 0.1) is 30.1 Å². The Bertz CT molecular complexity index is 1850. The molecule has 5 aromatic rings. The van der Waals surface area contributed by atoms with Crippen molar-refractivity contribution in [3.63, 3.8) is 0 Å². The van der Waals surface area contributed by atoms with Gasteiger partial charge in [-0.2, -0.15) is 0 Å². The van der Waals surface area contributed by atoms with E-state index in [0.717, 1.165) is 46.7 Å². The Hall–Kier alpha value is -4.25. The second-order valence-electron chi connectivity index (χ2n) is 11.4. The largest absolute Gasteiger partial charge is 0.497 e. The van der Waals surface area contributed by atoms with E-state index in [1.165, 1.54) is 32.8 Å². The first-order valence-electron chi connectivity index (χ1n) is 14.2. The molecule has 0 N–H and O–H groups in total. The van der Waals surface area contributed by atoms with Gasteiger partial charge in [-0.3, -0.25) is 4.99 Å². The Morgan fingerprint density at radius 2 is 1.50 bits per heavy atom. The van der Waals surface area contributed by atoms with Crippen LogP contribution in [-0.4, -0.2) is 39.2 Å². The number of likely N-dealkylation sites (N-methyl/N-ethyl adjacent to an activating group) is 1. The molecular weight excluding hydrogens is 494 g/mol. The summed E-state index contributed by atoms with van der Waals surface area (Å²) >= 11 is 0. The lowest BCUT2D eigenvalue weighted by molar-refractivity contribution is 0.0836. The number of aliphatic imine (C=N–C) groups is 1. The molecule has 0 fully saturated rings. The van der Waals surface area contributed by atoms with Crippen LogP contribution in [0.25, 0.3) is 32.3 Å². The number of anilines is 2. The maximum Gasteiger partial charge on any atom is 0.228 e. The van der Waals surface area contributed by atoms with E-state index in [1.807, 2.05) is 6.07 Å². The molecule has 1 atom stereocenters. The lowest BCUT2D eigenvalue weighted by Crippen LogP contribution is -2.61. The Kier molecular flexibility index (Phi) is 5.34. The summed E-state index contributed by atoms with van der Waals surface area (Å²) in [4.78, 5) is 9.93. The molecule has 0 amide bonds. The third kappa shape index (κ3) is 3.06. The van der Waals surface area contributed by atoms with Crippen molar-refractivity contribution < 1.29 is 9.47 Å².